The van der Waals surface area contributed by atoms with Crippen molar-refractivity contribution in [1.29, 1.82) is 0 Å². The van der Waals surface area contributed by atoms with Crippen LogP contribution in [0.2, 0.25) is 0 Å². The van der Waals surface area contributed by atoms with Gasteiger partial charge in [0, 0.05) is 25.1 Å². The Morgan fingerprint density at radius 3 is 2.90 bits per heavy atom. The maximum Gasteiger partial charge on any atom is 0.134 e. The van der Waals surface area contributed by atoms with Gasteiger partial charge in [0.25, 0.3) is 0 Å². The summed E-state index contributed by atoms with van der Waals surface area (Å²) in [6, 6.07) is 10.5. The first kappa shape index (κ1) is 12.9. The Morgan fingerprint density at radius 1 is 1.25 bits per heavy atom. The number of anilines is 2. The Hall–Kier alpha value is -2.10. The van der Waals surface area contributed by atoms with Crippen LogP contribution in [0.5, 0.6) is 0 Å². The minimum atomic E-state index is 0.535. The molecule has 4 heteroatoms. The summed E-state index contributed by atoms with van der Waals surface area (Å²) in [5.41, 5.74) is 8.59. The number of rotatable bonds is 2. The van der Waals surface area contributed by atoms with Gasteiger partial charge in [-0.25, -0.2) is 9.97 Å². The lowest BCUT2D eigenvalue weighted by Crippen LogP contribution is -2.35. The molecule has 20 heavy (non-hydrogen) atoms. The molecule has 0 unspecified atom stereocenters. The van der Waals surface area contributed by atoms with E-state index in [1.54, 1.807) is 6.33 Å². The van der Waals surface area contributed by atoms with Crippen molar-refractivity contribution in [3.05, 3.63) is 47.8 Å². The molecule has 0 saturated carbocycles. The molecule has 2 heterocycles. The Balaban J connectivity index is 1.82. The van der Waals surface area contributed by atoms with Crippen molar-refractivity contribution >= 4 is 11.6 Å². The second-order valence-corrected chi connectivity index (χ2v) is 5.44. The first-order valence-corrected chi connectivity index (χ1v) is 7.12. The third kappa shape index (κ3) is 2.59. The standard InChI is InChI=1S/C16H20N4/c1-12-5-2-3-7-14(12)13-6-4-8-20(10-13)16-9-15(17)18-11-19-16/h2-3,5,7,9,11,13H,4,6,8,10H2,1H3,(H2,17,18,19)/t13-/m1/s1. The highest BCUT2D eigenvalue weighted by molar-refractivity contribution is 5.47. The maximum absolute atomic E-state index is 5.76. The summed E-state index contributed by atoms with van der Waals surface area (Å²) >= 11 is 0. The Bertz CT molecular complexity index is 597. The molecule has 2 N–H and O–H groups in total. The summed E-state index contributed by atoms with van der Waals surface area (Å²) in [4.78, 5) is 10.6. The van der Waals surface area contributed by atoms with E-state index in [2.05, 4.69) is 46.1 Å². The van der Waals surface area contributed by atoms with E-state index in [1.807, 2.05) is 6.07 Å². The van der Waals surface area contributed by atoms with Crippen molar-refractivity contribution in [2.24, 2.45) is 0 Å². The van der Waals surface area contributed by atoms with Gasteiger partial charge in [-0.3, -0.25) is 0 Å². The van der Waals surface area contributed by atoms with E-state index in [4.69, 9.17) is 5.73 Å². The van der Waals surface area contributed by atoms with Gasteiger partial charge in [0.1, 0.15) is 18.0 Å². The van der Waals surface area contributed by atoms with Crippen molar-refractivity contribution in [1.82, 2.24) is 9.97 Å². The van der Waals surface area contributed by atoms with Crippen LogP contribution in [0, 0.1) is 6.92 Å². The molecule has 104 valence electrons. The number of hydrogen-bond acceptors (Lipinski definition) is 4. The van der Waals surface area contributed by atoms with Crippen molar-refractivity contribution in [3.63, 3.8) is 0 Å². The Labute approximate surface area is 119 Å². The van der Waals surface area contributed by atoms with Gasteiger partial charge in [-0.1, -0.05) is 24.3 Å². The number of aromatic nitrogens is 2. The van der Waals surface area contributed by atoms with Crippen LogP contribution in [-0.4, -0.2) is 23.1 Å². The first-order valence-electron chi connectivity index (χ1n) is 7.12. The average Bonchev–Trinajstić information content (AvgIpc) is 2.48. The quantitative estimate of drug-likeness (QED) is 0.910. The van der Waals surface area contributed by atoms with E-state index < -0.39 is 0 Å². The lowest BCUT2D eigenvalue weighted by atomic mass is 9.88. The van der Waals surface area contributed by atoms with Gasteiger partial charge in [-0.2, -0.15) is 0 Å². The molecule has 1 atom stereocenters. The van der Waals surface area contributed by atoms with Crippen LogP contribution in [0.25, 0.3) is 0 Å². The number of benzene rings is 1. The molecule has 1 aliphatic heterocycles. The molecule has 0 amide bonds. The van der Waals surface area contributed by atoms with E-state index in [0.717, 1.165) is 18.9 Å². The third-order valence-electron chi connectivity index (χ3n) is 4.05. The van der Waals surface area contributed by atoms with Crippen LogP contribution in [-0.2, 0) is 0 Å². The summed E-state index contributed by atoms with van der Waals surface area (Å²) < 4.78 is 0. The lowest BCUT2D eigenvalue weighted by Gasteiger charge is -2.34. The maximum atomic E-state index is 5.76. The summed E-state index contributed by atoms with van der Waals surface area (Å²) in [7, 11) is 0. The van der Waals surface area contributed by atoms with Crippen LogP contribution in [0.15, 0.2) is 36.7 Å². The fourth-order valence-corrected chi connectivity index (χ4v) is 3.02. The van der Waals surface area contributed by atoms with E-state index >= 15 is 0 Å². The Kier molecular flexibility index (Phi) is 3.54. The molecule has 0 aliphatic carbocycles. The SMILES string of the molecule is Cc1ccccc1[C@@H]1CCCN(c2cc(N)ncn2)C1. The van der Waals surface area contributed by atoms with E-state index in [1.165, 1.54) is 24.0 Å². The minimum absolute atomic E-state index is 0.535. The highest BCUT2D eigenvalue weighted by Crippen LogP contribution is 2.30. The average molecular weight is 268 g/mol. The number of nitrogens with two attached hydrogens (primary N) is 1. The van der Waals surface area contributed by atoms with Crippen LogP contribution in [0.3, 0.4) is 0 Å². The summed E-state index contributed by atoms with van der Waals surface area (Å²) in [6.07, 6.45) is 3.97. The molecule has 4 nitrogen and oxygen atoms in total. The zero-order valence-corrected chi connectivity index (χ0v) is 11.8. The smallest absolute Gasteiger partial charge is 0.134 e. The zero-order chi connectivity index (χ0) is 13.9. The molecular weight excluding hydrogens is 248 g/mol. The topological polar surface area (TPSA) is 55.0 Å². The predicted molar refractivity (Wildman–Crippen MR) is 81.8 cm³/mol. The lowest BCUT2D eigenvalue weighted by molar-refractivity contribution is 0.505. The fraction of sp³-hybridized carbons (Fsp3) is 0.375. The second kappa shape index (κ2) is 5.49. The van der Waals surface area contributed by atoms with Gasteiger partial charge in [0.15, 0.2) is 0 Å². The molecule has 1 aliphatic rings. The molecule has 3 rings (SSSR count). The summed E-state index contributed by atoms with van der Waals surface area (Å²) in [5.74, 6) is 2.05. The molecule has 2 aromatic rings. The van der Waals surface area contributed by atoms with E-state index in [0.29, 0.717) is 11.7 Å². The van der Waals surface area contributed by atoms with Crippen LogP contribution < -0.4 is 10.6 Å². The van der Waals surface area contributed by atoms with Gasteiger partial charge in [0.2, 0.25) is 0 Å². The Morgan fingerprint density at radius 2 is 2.10 bits per heavy atom. The van der Waals surface area contributed by atoms with Gasteiger partial charge >= 0.3 is 0 Å². The number of aryl methyl sites for hydroxylation is 1. The highest BCUT2D eigenvalue weighted by Gasteiger charge is 2.23. The molecule has 1 saturated heterocycles. The van der Waals surface area contributed by atoms with Crippen molar-refractivity contribution in [3.8, 4) is 0 Å². The molecule has 0 radical (unpaired) electrons. The number of nitrogen functional groups attached to an aromatic ring is 1. The van der Waals surface area contributed by atoms with Crippen molar-refractivity contribution < 1.29 is 0 Å². The molecule has 0 bridgehead atoms. The van der Waals surface area contributed by atoms with Gasteiger partial charge in [0.05, 0.1) is 0 Å². The third-order valence-corrected chi connectivity index (χ3v) is 4.05. The fourth-order valence-electron chi connectivity index (χ4n) is 3.02. The van der Waals surface area contributed by atoms with Crippen LogP contribution in [0.1, 0.15) is 29.9 Å². The molecule has 0 spiro atoms. The van der Waals surface area contributed by atoms with E-state index in [9.17, 15) is 0 Å². The molecular formula is C16H20N4. The predicted octanol–water partition coefficient (Wildman–Crippen LogP) is 2.75. The monoisotopic (exact) mass is 268 g/mol. The summed E-state index contributed by atoms with van der Waals surface area (Å²) in [6.45, 7) is 4.23. The first-order chi connectivity index (χ1) is 9.74. The van der Waals surface area contributed by atoms with Gasteiger partial charge in [-0.15, -0.1) is 0 Å². The van der Waals surface area contributed by atoms with Crippen molar-refractivity contribution in [2.75, 3.05) is 23.7 Å². The summed E-state index contributed by atoms with van der Waals surface area (Å²) in [5, 5.41) is 0. The second-order valence-electron chi connectivity index (χ2n) is 5.44. The van der Waals surface area contributed by atoms with Crippen LogP contribution in [0.4, 0.5) is 11.6 Å². The van der Waals surface area contributed by atoms with Crippen LogP contribution >= 0.6 is 0 Å². The van der Waals surface area contributed by atoms with E-state index in [-0.39, 0.29) is 0 Å². The molecule has 1 aromatic carbocycles. The van der Waals surface area contributed by atoms with Gasteiger partial charge < -0.3 is 10.6 Å². The zero-order valence-electron chi connectivity index (χ0n) is 11.8. The largest absolute Gasteiger partial charge is 0.384 e. The molecule has 1 aromatic heterocycles. The highest BCUT2D eigenvalue weighted by atomic mass is 15.2. The van der Waals surface area contributed by atoms with Gasteiger partial charge in [-0.05, 0) is 30.9 Å². The molecule has 1 fully saturated rings. The minimum Gasteiger partial charge on any atom is -0.384 e. The number of nitrogens with zero attached hydrogens (tertiary/aromatic N) is 3. The number of piperidine rings is 1. The van der Waals surface area contributed by atoms with Crippen molar-refractivity contribution in [2.45, 2.75) is 25.7 Å². The normalized spacial score (nSPS) is 19.1. The number of hydrogen-bond donors (Lipinski definition) is 1.